The van der Waals surface area contributed by atoms with Crippen molar-refractivity contribution in [3.8, 4) is 16.8 Å². The molecule has 0 unspecified atom stereocenters. The fourth-order valence-corrected chi connectivity index (χ4v) is 2.98. The second-order valence-electron chi connectivity index (χ2n) is 4.34. The van der Waals surface area contributed by atoms with Crippen LogP contribution in [-0.2, 0) is 4.79 Å². The Morgan fingerprint density at radius 2 is 2.17 bits per heavy atom. The fourth-order valence-electron chi connectivity index (χ4n) is 1.77. The molecule has 0 saturated heterocycles. The lowest BCUT2D eigenvalue weighted by molar-refractivity contribution is -0.113. The molecule has 6 nitrogen and oxygen atoms in total. The topological polar surface area (TPSA) is 91.8 Å². The lowest BCUT2D eigenvalue weighted by atomic mass is 10.2. The zero-order valence-corrected chi connectivity index (χ0v) is 13.4. The number of para-hydroxylation sites is 1. The number of aromatic nitrogens is 2. The first-order valence-corrected chi connectivity index (χ1v) is 8.42. The summed E-state index contributed by atoms with van der Waals surface area (Å²) in [5.74, 6) is 0.317. The molecular weight excluding hydrogens is 332 g/mol. The smallest absolute Gasteiger partial charge is 0.277 e. The van der Waals surface area contributed by atoms with Crippen molar-refractivity contribution >= 4 is 34.7 Å². The molecule has 2 heterocycles. The van der Waals surface area contributed by atoms with Gasteiger partial charge in [0.15, 0.2) is 0 Å². The largest absolute Gasteiger partial charge is 0.410 e. The maximum Gasteiger partial charge on any atom is 0.277 e. The van der Waals surface area contributed by atoms with Gasteiger partial charge < -0.3 is 9.73 Å². The number of amides is 1. The number of carbonyl (C=O) groups is 1. The van der Waals surface area contributed by atoms with Gasteiger partial charge in [0.05, 0.1) is 21.9 Å². The number of thioether (sulfide) groups is 1. The van der Waals surface area contributed by atoms with Gasteiger partial charge in [0.2, 0.25) is 5.91 Å². The van der Waals surface area contributed by atoms with Crippen LogP contribution in [0.4, 0.5) is 5.69 Å². The van der Waals surface area contributed by atoms with Gasteiger partial charge in [0.1, 0.15) is 6.07 Å². The van der Waals surface area contributed by atoms with Crippen molar-refractivity contribution in [1.29, 1.82) is 5.26 Å². The Labute approximate surface area is 140 Å². The minimum absolute atomic E-state index is 0.117. The van der Waals surface area contributed by atoms with E-state index in [2.05, 4.69) is 15.5 Å². The summed E-state index contributed by atoms with van der Waals surface area (Å²) in [5, 5.41) is 21.8. The number of nitrogens with zero attached hydrogens (tertiary/aromatic N) is 3. The molecule has 3 rings (SSSR count). The summed E-state index contributed by atoms with van der Waals surface area (Å²) in [6.07, 6.45) is 0. The van der Waals surface area contributed by atoms with Crippen molar-refractivity contribution in [2.45, 2.75) is 5.22 Å². The molecule has 1 N–H and O–H groups in total. The molecule has 1 aromatic carbocycles. The maximum atomic E-state index is 12.0. The predicted molar refractivity (Wildman–Crippen MR) is 88.1 cm³/mol. The molecular formula is C15H10N4O2S2. The van der Waals surface area contributed by atoms with Crippen molar-refractivity contribution in [3.05, 3.63) is 47.3 Å². The highest BCUT2D eigenvalue weighted by molar-refractivity contribution is 7.99. The molecule has 114 valence electrons. The van der Waals surface area contributed by atoms with Crippen LogP contribution in [0.15, 0.2) is 51.4 Å². The Morgan fingerprint density at radius 1 is 1.30 bits per heavy atom. The highest BCUT2D eigenvalue weighted by Crippen LogP contribution is 2.26. The van der Waals surface area contributed by atoms with E-state index in [0.717, 1.165) is 16.6 Å². The quantitative estimate of drug-likeness (QED) is 0.715. The summed E-state index contributed by atoms with van der Waals surface area (Å²) < 4.78 is 5.49. The van der Waals surface area contributed by atoms with Crippen LogP contribution in [0.5, 0.6) is 0 Å². The Hall–Kier alpha value is -2.63. The maximum absolute atomic E-state index is 12.0. The van der Waals surface area contributed by atoms with E-state index in [0.29, 0.717) is 22.4 Å². The molecule has 0 aliphatic heterocycles. The number of rotatable bonds is 5. The monoisotopic (exact) mass is 342 g/mol. The van der Waals surface area contributed by atoms with E-state index in [1.807, 2.05) is 23.6 Å². The van der Waals surface area contributed by atoms with Crippen molar-refractivity contribution in [2.75, 3.05) is 11.1 Å². The van der Waals surface area contributed by atoms with Crippen molar-refractivity contribution in [3.63, 3.8) is 0 Å². The lowest BCUT2D eigenvalue weighted by Gasteiger charge is -2.05. The molecule has 0 atom stereocenters. The van der Waals surface area contributed by atoms with E-state index in [9.17, 15) is 4.79 Å². The standard InChI is InChI=1S/C15H10N4O2S2/c16-8-10-4-1-2-5-11(10)17-13(20)9-23-15-19-18-14(21-15)12-6-3-7-22-12/h1-7H,9H2,(H,17,20). The number of anilines is 1. The van der Waals surface area contributed by atoms with Crippen molar-refractivity contribution < 1.29 is 9.21 Å². The third-order valence-electron chi connectivity index (χ3n) is 2.79. The first kappa shape index (κ1) is 15.3. The van der Waals surface area contributed by atoms with Gasteiger partial charge >= 0.3 is 0 Å². The van der Waals surface area contributed by atoms with Crippen LogP contribution >= 0.6 is 23.1 Å². The highest BCUT2D eigenvalue weighted by atomic mass is 32.2. The van der Waals surface area contributed by atoms with Gasteiger partial charge in [0.25, 0.3) is 11.1 Å². The normalized spacial score (nSPS) is 10.2. The van der Waals surface area contributed by atoms with Crippen LogP contribution in [-0.4, -0.2) is 21.9 Å². The van der Waals surface area contributed by atoms with Crippen LogP contribution in [0.2, 0.25) is 0 Å². The van der Waals surface area contributed by atoms with E-state index in [1.165, 1.54) is 11.3 Å². The average molecular weight is 342 g/mol. The molecule has 0 spiro atoms. The number of nitrogens with one attached hydrogen (secondary N) is 1. The summed E-state index contributed by atoms with van der Waals surface area (Å²) in [7, 11) is 0. The summed E-state index contributed by atoms with van der Waals surface area (Å²) in [6, 6.07) is 12.7. The fraction of sp³-hybridized carbons (Fsp3) is 0.0667. The minimum Gasteiger partial charge on any atom is -0.410 e. The number of benzene rings is 1. The molecule has 0 aliphatic rings. The van der Waals surface area contributed by atoms with Crippen molar-refractivity contribution in [1.82, 2.24) is 10.2 Å². The zero-order chi connectivity index (χ0) is 16.1. The van der Waals surface area contributed by atoms with Gasteiger partial charge in [-0.2, -0.15) is 5.26 Å². The lowest BCUT2D eigenvalue weighted by Crippen LogP contribution is -2.14. The van der Waals surface area contributed by atoms with Gasteiger partial charge in [-0.15, -0.1) is 21.5 Å². The van der Waals surface area contributed by atoms with E-state index in [4.69, 9.17) is 9.68 Å². The number of thiophene rings is 1. The summed E-state index contributed by atoms with van der Waals surface area (Å²) in [4.78, 5) is 12.8. The van der Waals surface area contributed by atoms with Crippen LogP contribution in [0.1, 0.15) is 5.56 Å². The number of hydrogen-bond acceptors (Lipinski definition) is 7. The summed E-state index contributed by atoms with van der Waals surface area (Å²) >= 11 is 2.65. The highest BCUT2D eigenvalue weighted by Gasteiger charge is 2.12. The van der Waals surface area contributed by atoms with Gasteiger partial charge in [-0.3, -0.25) is 4.79 Å². The van der Waals surface area contributed by atoms with Crippen LogP contribution in [0, 0.1) is 11.3 Å². The third kappa shape index (κ3) is 3.77. The first-order chi connectivity index (χ1) is 11.3. The SMILES string of the molecule is N#Cc1ccccc1NC(=O)CSc1nnc(-c2cccs2)o1. The third-order valence-corrected chi connectivity index (χ3v) is 4.46. The Morgan fingerprint density at radius 3 is 2.96 bits per heavy atom. The van der Waals surface area contributed by atoms with E-state index in [1.54, 1.807) is 24.3 Å². The number of hydrogen-bond donors (Lipinski definition) is 1. The first-order valence-electron chi connectivity index (χ1n) is 6.55. The molecule has 3 aromatic rings. The molecule has 1 amide bonds. The summed E-state index contributed by atoms with van der Waals surface area (Å²) in [5.41, 5.74) is 0.911. The van der Waals surface area contributed by atoms with Gasteiger partial charge in [0, 0.05) is 0 Å². The van der Waals surface area contributed by atoms with Crippen molar-refractivity contribution in [2.24, 2.45) is 0 Å². The van der Waals surface area contributed by atoms with Gasteiger partial charge in [-0.25, -0.2) is 0 Å². The van der Waals surface area contributed by atoms with E-state index < -0.39 is 0 Å². The second kappa shape index (κ2) is 7.09. The Kier molecular flexibility index (Phi) is 4.71. The molecule has 0 radical (unpaired) electrons. The van der Waals surface area contributed by atoms with Crippen LogP contribution < -0.4 is 5.32 Å². The van der Waals surface area contributed by atoms with Gasteiger partial charge in [-0.1, -0.05) is 30.0 Å². The molecule has 23 heavy (non-hydrogen) atoms. The number of carbonyl (C=O) groups excluding carboxylic acids is 1. The molecule has 0 aliphatic carbocycles. The minimum atomic E-state index is -0.242. The number of nitriles is 1. The summed E-state index contributed by atoms with van der Waals surface area (Å²) in [6.45, 7) is 0. The van der Waals surface area contributed by atoms with Gasteiger partial charge in [-0.05, 0) is 23.6 Å². The van der Waals surface area contributed by atoms with E-state index in [-0.39, 0.29) is 11.7 Å². The molecule has 2 aromatic heterocycles. The Bertz CT molecular complexity index is 852. The molecule has 8 heteroatoms. The molecule has 0 saturated carbocycles. The molecule has 0 bridgehead atoms. The second-order valence-corrected chi connectivity index (χ2v) is 6.22. The average Bonchev–Trinajstić information content (AvgIpc) is 3.24. The zero-order valence-electron chi connectivity index (χ0n) is 11.7. The van der Waals surface area contributed by atoms with Crippen LogP contribution in [0.25, 0.3) is 10.8 Å². The van der Waals surface area contributed by atoms with Crippen LogP contribution in [0.3, 0.4) is 0 Å². The molecule has 0 fully saturated rings. The Balaban J connectivity index is 1.58. The predicted octanol–water partition coefficient (Wildman–Crippen LogP) is 3.40. The van der Waals surface area contributed by atoms with E-state index >= 15 is 0 Å².